The van der Waals surface area contributed by atoms with Crippen LogP contribution in [-0.2, 0) is 16.0 Å². The van der Waals surface area contributed by atoms with E-state index in [0.29, 0.717) is 13.0 Å². The van der Waals surface area contributed by atoms with E-state index >= 15 is 0 Å². The van der Waals surface area contributed by atoms with Crippen molar-refractivity contribution in [1.29, 1.82) is 0 Å². The quantitative estimate of drug-likeness (QED) is 0.812. The summed E-state index contributed by atoms with van der Waals surface area (Å²) < 4.78 is 4.77. The molecule has 5 nitrogen and oxygen atoms in total. The molecule has 2 heterocycles. The monoisotopic (exact) mass is 270 g/mol. The summed E-state index contributed by atoms with van der Waals surface area (Å²) in [5.41, 5.74) is 2.88. The van der Waals surface area contributed by atoms with Gasteiger partial charge in [0.2, 0.25) is 0 Å². The summed E-state index contributed by atoms with van der Waals surface area (Å²) in [5.74, 6) is -0.257. The molecule has 0 bridgehead atoms. The SMILES string of the molecule is COC(=O)C1CC(O)CN1CCc1scnc1C. The van der Waals surface area contributed by atoms with Gasteiger partial charge in [-0.3, -0.25) is 9.69 Å². The van der Waals surface area contributed by atoms with E-state index in [1.165, 1.54) is 12.0 Å². The summed E-state index contributed by atoms with van der Waals surface area (Å²) in [4.78, 5) is 19.1. The van der Waals surface area contributed by atoms with Crippen LogP contribution in [0.4, 0.5) is 0 Å². The molecular weight excluding hydrogens is 252 g/mol. The molecule has 6 heteroatoms. The molecule has 1 saturated heterocycles. The lowest BCUT2D eigenvalue weighted by Crippen LogP contribution is -2.38. The Morgan fingerprint density at radius 3 is 3.11 bits per heavy atom. The highest BCUT2D eigenvalue weighted by Crippen LogP contribution is 2.21. The van der Waals surface area contributed by atoms with E-state index in [4.69, 9.17) is 4.74 Å². The van der Waals surface area contributed by atoms with Crippen LogP contribution in [-0.4, -0.2) is 53.3 Å². The molecule has 0 saturated carbocycles. The van der Waals surface area contributed by atoms with Crippen molar-refractivity contribution < 1.29 is 14.6 Å². The van der Waals surface area contributed by atoms with Crippen molar-refractivity contribution in [3.05, 3.63) is 16.1 Å². The summed E-state index contributed by atoms with van der Waals surface area (Å²) in [6.45, 7) is 3.28. The minimum absolute atomic E-state index is 0.257. The van der Waals surface area contributed by atoms with E-state index in [0.717, 1.165) is 18.7 Å². The van der Waals surface area contributed by atoms with Crippen LogP contribution in [0.2, 0.25) is 0 Å². The summed E-state index contributed by atoms with van der Waals surface area (Å²) >= 11 is 1.63. The molecule has 0 aliphatic carbocycles. The molecule has 1 aromatic rings. The third-order valence-electron chi connectivity index (χ3n) is 3.33. The second-order valence-electron chi connectivity index (χ2n) is 4.53. The van der Waals surface area contributed by atoms with Crippen molar-refractivity contribution in [3.8, 4) is 0 Å². The van der Waals surface area contributed by atoms with Gasteiger partial charge in [-0.25, -0.2) is 4.98 Å². The summed E-state index contributed by atoms with van der Waals surface area (Å²) in [6, 6.07) is -0.307. The molecule has 1 N–H and O–H groups in total. The van der Waals surface area contributed by atoms with Gasteiger partial charge < -0.3 is 9.84 Å². The molecule has 1 fully saturated rings. The van der Waals surface area contributed by atoms with Crippen LogP contribution < -0.4 is 0 Å². The smallest absolute Gasteiger partial charge is 0.323 e. The van der Waals surface area contributed by atoms with Gasteiger partial charge in [0.15, 0.2) is 0 Å². The number of ether oxygens (including phenoxy) is 1. The fourth-order valence-electron chi connectivity index (χ4n) is 2.32. The van der Waals surface area contributed by atoms with Gasteiger partial charge in [0.25, 0.3) is 0 Å². The zero-order chi connectivity index (χ0) is 13.1. The number of likely N-dealkylation sites (tertiary alicyclic amines) is 1. The van der Waals surface area contributed by atoms with Crippen molar-refractivity contribution in [1.82, 2.24) is 9.88 Å². The van der Waals surface area contributed by atoms with Crippen LogP contribution in [0.15, 0.2) is 5.51 Å². The zero-order valence-electron chi connectivity index (χ0n) is 10.6. The Kier molecular flexibility index (Phi) is 4.31. The number of nitrogens with zero attached hydrogens (tertiary/aromatic N) is 2. The Labute approximate surface area is 110 Å². The van der Waals surface area contributed by atoms with E-state index in [1.54, 1.807) is 11.3 Å². The number of rotatable bonds is 4. The average molecular weight is 270 g/mol. The molecule has 2 unspecified atom stereocenters. The molecule has 1 aliphatic rings. The molecule has 1 aromatic heterocycles. The van der Waals surface area contributed by atoms with Gasteiger partial charge in [-0.1, -0.05) is 0 Å². The van der Waals surface area contributed by atoms with Gasteiger partial charge >= 0.3 is 5.97 Å². The Morgan fingerprint density at radius 1 is 1.72 bits per heavy atom. The predicted octanol–water partition coefficient (Wildman–Crippen LogP) is 0.602. The number of esters is 1. The minimum Gasteiger partial charge on any atom is -0.468 e. The Bertz CT molecular complexity index is 421. The number of carbonyl (C=O) groups excluding carboxylic acids is 1. The molecule has 0 spiro atoms. The molecule has 0 amide bonds. The van der Waals surface area contributed by atoms with Crippen molar-refractivity contribution in [2.45, 2.75) is 31.9 Å². The summed E-state index contributed by atoms with van der Waals surface area (Å²) in [7, 11) is 1.39. The standard InChI is InChI=1S/C12H18N2O3S/c1-8-11(18-7-13-8)3-4-14-6-9(15)5-10(14)12(16)17-2/h7,9-10,15H,3-6H2,1-2H3. The number of aromatic nitrogens is 1. The van der Waals surface area contributed by atoms with Crippen LogP contribution in [0, 0.1) is 6.92 Å². The normalized spacial score (nSPS) is 24.4. The fourth-order valence-corrected chi connectivity index (χ4v) is 3.09. The molecule has 0 radical (unpaired) electrons. The highest BCUT2D eigenvalue weighted by molar-refractivity contribution is 7.09. The van der Waals surface area contributed by atoms with E-state index in [-0.39, 0.29) is 12.0 Å². The maximum atomic E-state index is 11.6. The molecule has 0 aromatic carbocycles. The number of aliphatic hydroxyl groups excluding tert-OH is 1. The molecule has 100 valence electrons. The van der Waals surface area contributed by atoms with Gasteiger partial charge in [-0.2, -0.15) is 0 Å². The van der Waals surface area contributed by atoms with Gasteiger partial charge in [0.05, 0.1) is 24.4 Å². The second kappa shape index (κ2) is 5.77. The number of aryl methyl sites for hydroxylation is 1. The molecule has 1 aliphatic heterocycles. The average Bonchev–Trinajstić information content (AvgIpc) is 2.92. The van der Waals surface area contributed by atoms with Crippen molar-refractivity contribution in [2.75, 3.05) is 20.2 Å². The van der Waals surface area contributed by atoms with Crippen molar-refractivity contribution in [2.24, 2.45) is 0 Å². The number of aliphatic hydroxyl groups is 1. The first-order valence-electron chi connectivity index (χ1n) is 6.00. The Hall–Kier alpha value is -0.980. The third-order valence-corrected chi connectivity index (χ3v) is 4.32. The lowest BCUT2D eigenvalue weighted by Gasteiger charge is -2.21. The van der Waals surface area contributed by atoms with E-state index in [9.17, 15) is 9.90 Å². The predicted molar refractivity (Wildman–Crippen MR) is 68.6 cm³/mol. The zero-order valence-corrected chi connectivity index (χ0v) is 11.4. The van der Waals surface area contributed by atoms with Gasteiger partial charge in [-0.15, -0.1) is 11.3 Å². The van der Waals surface area contributed by atoms with E-state index in [2.05, 4.69) is 4.98 Å². The molecule has 18 heavy (non-hydrogen) atoms. The summed E-state index contributed by atoms with van der Waals surface area (Å²) in [5, 5.41) is 9.67. The number of hydrogen-bond acceptors (Lipinski definition) is 6. The molecular formula is C12H18N2O3S. The van der Waals surface area contributed by atoms with E-state index < -0.39 is 6.10 Å². The van der Waals surface area contributed by atoms with Crippen molar-refractivity contribution >= 4 is 17.3 Å². The third kappa shape index (κ3) is 2.88. The van der Waals surface area contributed by atoms with Crippen LogP contribution >= 0.6 is 11.3 Å². The van der Waals surface area contributed by atoms with Crippen LogP contribution in [0.1, 0.15) is 17.0 Å². The van der Waals surface area contributed by atoms with Crippen molar-refractivity contribution in [3.63, 3.8) is 0 Å². The van der Waals surface area contributed by atoms with Gasteiger partial charge in [0.1, 0.15) is 6.04 Å². The largest absolute Gasteiger partial charge is 0.468 e. The molecule has 2 rings (SSSR count). The first-order valence-corrected chi connectivity index (χ1v) is 6.88. The van der Waals surface area contributed by atoms with Crippen LogP contribution in [0.3, 0.4) is 0 Å². The lowest BCUT2D eigenvalue weighted by atomic mass is 10.2. The fraction of sp³-hybridized carbons (Fsp3) is 0.667. The summed E-state index contributed by atoms with van der Waals surface area (Å²) in [6.07, 6.45) is 0.891. The number of thiazole rings is 1. The topological polar surface area (TPSA) is 62.7 Å². The Morgan fingerprint density at radius 2 is 2.50 bits per heavy atom. The Balaban J connectivity index is 1.95. The highest BCUT2D eigenvalue weighted by atomic mass is 32.1. The van der Waals surface area contributed by atoms with Crippen LogP contribution in [0.25, 0.3) is 0 Å². The number of hydrogen-bond donors (Lipinski definition) is 1. The number of β-amino-alcohol motifs (C(OH)–C–C–N with tert-alkyl or cyclic N) is 1. The maximum Gasteiger partial charge on any atom is 0.323 e. The first-order chi connectivity index (χ1) is 8.61. The lowest BCUT2D eigenvalue weighted by molar-refractivity contribution is -0.145. The maximum absolute atomic E-state index is 11.6. The van der Waals surface area contributed by atoms with Gasteiger partial charge in [-0.05, 0) is 13.3 Å². The van der Waals surface area contributed by atoms with Gasteiger partial charge in [0, 0.05) is 24.4 Å². The number of carbonyl (C=O) groups is 1. The molecule has 2 atom stereocenters. The minimum atomic E-state index is -0.434. The first kappa shape index (κ1) is 13.5. The van der Waals surface area contributed by atoms with Crippen LogP contribution in [0.5, 0.6) is 0 Å². The van der Waals surface area contributed by atoms with E-state index in [1.807, 2.05) is 17.3 Å². The number of methoxy groups -OCH3 is 1. The highest BCUT2D eigenvalue weighted by Gasteiger charge is 2.36. The second-order valence-corrected chi connectivity index (χ2v) is 5.47.